The smallest absolute Gasteiger partial charge is 0.457 e. The summed E-state index contributed by atoms with van der Waals surface area (Å²) in [6, 6.07) is 0. The fourth-order valence-corrected chi connectivity index (χ4v) is 9.17. The molecule has 1 N–H and O–H groups in total. The number of hydrogen-bond acceptors (Lipinski definition) is 6. The zero-order valence-electron chi connectivity index (χ0n) is 46.3. The molecular weight excluding hydrogens is 878 g/mol. The van der Waals surface area contributed by atoms with Crippen LogP contribution in [0, 0.1) is 0 Å². The van der Waals surface area contributed by atoms with Gasteiger partial charge in [0, 0.05) is 13.0 Å². The van der Waals surface area contributed by atoms with Gasteiger partial charge in [0.2, 0.25) is 0 Å². The molecule has 0 heterocycles. The number of phosphoric ester groups is 1. The number of hydrogen-bond donors (Lipinski definition) is 1. The van der Waals surface area contributed by atoms with Crippen LogP contribution in [0.1, 0.15) is 271 Å². The Morgan fingerprint density at radius 3 is 1.26 bits per heavy atom. The van der Waals surface area contributed by atoms with Crippen molar-refractivity contribution in [3.63, 3.8) is 0 Å². The Morgan fingerprint density at radius 1 is 0.464 bits per heavy atom. The lowest BCUT2D eigenvalue weighted by molar-refractivity contribution is -0.870. The van der Waals surface area contributed by atoms with Crippen LogP contribution >= 0.6 is 7.82 Å². The zero-order chi connectivity index (χ0) is 50.5. The number of carbonyl (C=O) groups excluding carboxylic acids is 1. The van der Waals surface area contributed by atoms with E-state index in [1.54, 1.807) is 0 Å². The standard InChI is InChI=1S/C60H114NO7P/c1-6-8-10-12-14-16-18-20-22-24-26-28-30-31-32-33-35-37-39-41-43-45-47-49-51-53-60(62)68-59(58-67-69(63,64)66-56-54-61(3,4)5)57-65-55-52-50-48-46-44-42-40-38-36-34-29-27-25-23-21-19-17-15-13-11-9-7-2/h9,11,15,17,21,23,27,29,59H,6-8,10,12-14,16,18-20,22,24-26,28,30-58H2,1-5H3/p+1/b11-9-,17-15-,23-21-,29-27-. The minimum atomic E-state index is -4.29. The van der Waals surface area contributed by atoms with Crippen LogP contribution in [0.3, 0.4) is 0 Å². The first kappa shape index (κ1) is 67.5. The largest absolute Gasteiger partial charge is 0.472 e. The molecule has 2 atom stereocenters. The molecule has 0 rings (SSSR count). The number of rotatable bonds is 55. The van der Waals surface area contributed by atoms with Gasteiger partial charge in [-0.3, -0.25) is 13.8 Å². The van der Waals surface area contributed by atoms with Crippen LogP contribution in [0.5, 0.6) is 0 Å². The van der Waals surface area contributed by atoms with E-state index >= 15 is 0 Å². The molecule has 0 fully saturated rings. The van der Waals surface area contributed by atoms with E-state index in [0.717, 1.165) is 57.8 Å². The lowest BCUT2D eigenvalue weighted by atomic mass is 10.0. The maximum Gasteiger partial charge on any atom is 0.472 e. The molecule has 0 aromatic heterocycles. The van der Waals surface area contributed by atoms with Gasteiger partial charge < -0.3 is 18.9 Å². The maximum atomic E-state index is 12.8. The summed E-state index contributed by atoms with van der Waals surface area (Å²) in [7, 11) is 1.67. The van der Waals surface area contributed by atoms with Crippen LogP contribution in [0.2, 0.25) is 0 Å². The van der Waals surface area contributed by atoms with Gasteiger partial charge in [-0.15, -0.1) is 0 Å². The molecule has 9 heteroatoms. The van der Waals surface area contributed by atoms with E-state index in [1.807, 2.05) is 21.1 Å². The van der Waals surface area contributed by atoms with E-state index in [-0.39, 0.29) is 25.8 Å². The highest BCUT2D eigenvalue weighted by Crippen LogP contribution is 2.43. The SMILES string of the molecule is CC/C=C\C/C=C\C/C=C\C/C=C\CCCCCCCCCCCOCC(COP(=O)(O)OCC[N+](C)(C)C)OC(=O)CCCCCCCCCCCCCCCCCCCCCCCCCCC. The number of likely N-dealkylation sites (N-methyl/N-ethyl adjacent to an activating group) is 1. The summed E-state index contributed by atoms with van der Waals surface area (Å²) < 4.78 is 35.3. The van der Waals surface area contributed by atoms with Crippen molar-refractivity contribution in [3.05, 3.63) is 48.6 Å². The molecule has 8 nitrogen and oxygen atoms in total. The highest BCUT2D eigenvalue weighted by molar-refractivity contribution is 7.47. The topological polar surface area (TPSA) is 91.3 Å². The molecule has 0 aromatic rings. The monoisotopic (exact) mass is 993 g/mol. The fraction of sp³-hybridized carbons (Fsp3) is 0.850. The Hall–Kier alpha value is -1.54. The van der Waals surface area contributed by atoms with Gasteiger partial charge >= 0.3 is 13.8 Å². The first-order valence-electron chi connectivity index (χ1n) is 29.4. The molecule has 0 aliphatic rings. The molecule has 0 aliphatic heterocycles. The number of carbonyl (C=O) groups is 1. The Bertz CT molecular complexity index is 1240. The van der Waals surface area contributed by atoms with E-state index in [1.165, 1.54) is 193 Å². The first-order chi connectivity index (χ1) is 33.6. The van der Waals surface area contributed by atoms with Crippen molar-refractivity contribution in [2.45, 2.75) is 277 Å². The molecule has 69 heavy (non-hydrogen) atoms. The highest BCUT2D eigenvalue weighted by Gasteiger charge is 2.26. The normalized spacial score (nSPS) is 13.8. The molecule has 0 saturated heterocycles. The van der Waals surface area contributed by atoms with Gasteiger partial charge in [0.1, 0.15) is 19.3 Å². The summed E-state index contributed by atoms with van der Waals surface area (Å²) in [5, 5.41) is 0. The first-order valence-corrected chi connectivity index (χ1v) is 30.9. The van der Waals surface area contributed by atoms with Crippen molar-refractivity contribution in [1.82, 2.24) is 0 Å². The van der Waals surface area contributed by atoms with Crippen molar-refractivity contribution in [3.8, 4) is 0 Å². The van der Waals surface area contributed by atoms with Crippen LogP contribution < -0.4 is 0 Å². The summed E-state index contributed by atoms with van der Waals surface area (Å²) >= 11 is 0. The van der Waals surface area contributed by atoms with Gasteiger partial charge in [-0.25, -0.2) is 4.57 Å². The van der Waals surface area contributed by atoms with E-state index < -0.39 is 13.9 Å². The Kier molecular flexibility index (Phi) is 51.6. The zero-order valence-corrected chi connectivity index (χ0v) is 47.2. The molecule has 0 aliphatic carbocycles. The van der Waals surface area contributed by atoms with E-state index in [4.69, 9.17) is 18.5 Å². The second-order valence-electron chi connectivity index (χ2n) is 21.0. The molecule has 0 radical (unpaired) electrons. The minimum absolute atomic E-state index is 0.0878. The molecule has 2 unspecified atom stereocenters. The predicted octanol–water partition coefficient (Wildman–Crippen LogP) is 18.6. The number of allylic oxidation sites excluding steroid dienone is 8. The molecule has 406 valence electrons. The van der Waals surface area contributed by atoms with Crippen molar-refractivity contribution >= 4 is 13.8 Å². The third-order valence-electron chi connectivity index (χ3n) is 12.9. The third-order valence-corrected chi connectivity index (χ3v) is 13.9. The Labute approximate surface area is 428 Å². The van der Waals surface area contributed by atoms with Crippen molar-refractivity contribution in [2.75, 3.05) is 54.1 Å². The number of ether oxygens (including phenoxy) is 2. The molecular formula is C60H115NO7P+. The van der Waals surface area contributed by atoms with Gasteiger partial charge in [0.15, 0.2) is 0 Å². The van der Waals surface area contributed by atoms with E-state index in [0.29, 0.717) is 24.1 Å². The number of esters is 1. The van der Waals surface area contributed by atoms with Crippen molar-refractivity contribution < 1.29 is 37.3 Å². The number of nitrogens with zero attached hydrogens (tertiary/aromatic N) is 1. The second kappa shape index (κ2) is 52.8. The fourth-order valence-electron chi connectivity index (χ4n) is 8.43. The molecule has 0 bridgehead atoms. The molecule has 0 amide bonds. The highest BCUT2D eigenvalue weighted by atomic mass is 31.2. The number of unbranched alkanes of at least 4 members (excludes halogenated alkanes) is 33. The minimum Gasteiger partial charge on any atom is -0.457 e. The third kappa shape index (κ3) is 57.2. The summed E-state index contributed by atoms with van der Waals surface area (Å²) in [6.45, 7) is 5.55. The number of quaternary nitrogens is 1. The maximum absolute atomic E-state index is 12.8. The average Bonchev–Trinajstić information content (AvgIpc) is 3.31. The van der Waals surface area contributed by atoms with Gasteiger partial charge in [-0.1, -0.05) is 262 Å². The number of phosphoric acid groups is 1. The van der Waals surface area contributed by atoms with Gasteiger partial charge in [0.05, 0.1) is 34.4 Å². The van der Waals surface area contributed by atoms with Gasteiger partial charge in [0.25, 0.3) is 0 Å². The van der Waals surface area contributed by atoms with E-state index in [2.05, 4.69) is 62.5 Å². The average molecular weight is 994 g/mol. The lowest BCUT2D eigenvalue weighted by Crippen LogP contribution is -2.37. The van der Waals surface area contributed by atoms with Crippen LogP contribution in [0.4, 0.5) is 0 Å². The molecule has 0 spiro atoms. The van der Waals surface area contributed by atoms with Crippen molar-refractivity contribution in [1.29, 1.82) is 0 Å². The lowest BCUT2D eigenvalue weighted by Gasteiger charge is -2.24. The summed E-state index contributed by atoms with van der Waals surface area (Å²) in [6.07, 6.45) is 67.5. The quantitative estimate of drug-likeness (QED) is 0.0213. The van der Waals surface area contributed by atoms with E-state index in [9.17, 15) is 14.3 Å². The van der Waals surface area contributed by atoms with Crippen LogP contribution in [0.15, 0.2) is 48.6 Å². The van der Waals surface area contributed by atoms with Gasteiger partial charge in [-0.05, 0) is 51.4 Å². The Balaban J connectivity index is 4.04. The molecule has 0 saturated carbocycles. The van der Waals surface area contributed by atoms with Gasteiger partial charge in [-0.2, -0.15) is 0 Å². The van der Waals surface area contributed by atoms with Crippen molar-refractivity contribution in [2.24, 2.45) is 0 Å². The van der Waals surface area contributed by atoms with Crippen LogP contribution in [-0.2, 0) is 27.9 Å². The summed E-state index contributed by atoms with van der Waals surface area (Å²) in [5.74, 6) is -0.310. The summed E-state index contributed by atoms with van der Waals surface area (Å²) in [4.78, 5) is 23.1. The second-order valence-corrected chi connectivity index (χ2v) is 22.5. The Morgan fingerprint density at radius 2 is 0.841 bits per heavy atom. The van der Waals surface area contributed by atoms with Crippen LogP contribution in [-0.4, -0.2) is 75.6 Å². The van der Waals surface area contributed by atoms with Crippen LogP contribution in [0.25, 0.3) is 0 Å². The predicted molar refractivity (Wildman–Crippen MR) is 298 cm³/mol. The molecule has 0 aromatic carbocycles. The summed E-state index contributed by atoms with van der Waals surface area (Å²) in [5.41, 5.74) is 0.